The van der Waals surface area contributed by atoms with Gasteiger partial charge in [0.2, 0.25) is 5.82 Å². The number of aromatic amines is 1. The summed E-state index contributed by atoms with van der Waals surface area (Å²) in [4.78, 5) is 0. The smallest absolute Gasteiger partial charge is 0.208 e. The highest BCUT2D eigenvalue weighted by Crippen LogP contribution is 2.66. The van der Waals surface area contributed by atoms with Crippen LogP contribution in [-0.4, -0.2) is 34.8 Å². The van der Waals surface area contributed by atoms with E-state index in [-0.39, 0.29) is 16.2 Å². The van der Waals surface area contributed by atoms with E-state index >= 15 is 0 Å². The molecule has 1 aromatic heterocycles. The zero-order valence-electron chi connectivity index (χ0n) is 29.3. The van der Waals surface area contributed by atoms with Crippen LogP contribution < -0.4 is 18.9 Å². The van der Waals surface area contributed by atoms with Crippen LogP contribution in [0.5, 0.6) is 34.5 Å². The SMILES string of the molecule is C#CCCCC.COc1cc2c(cc1OC)C1(CC2(C)C)CC(C)(C)c2cc3c(cc21)Oc1c(c(C#N)c(C)c(C)c1-c1nn[nH]n1)O3. The fourth-order valence-electron chi connectivity index (χ4n) is 8.11. The average molecular weight is 646 g/mol. The number of rotatable bonds is 5. The number of H-pyrrole nitrogens is 1. The second-order valence-electron chi connectivity index (χ2n) is 14.3. The third kappa shape index (κ3) is 4.95. The predicted octanol–water partition coefficient (Wildman–Crippen LogP) is 8.73. The van der Waals surface area contributed by atoms with Crippen molar-refractivity contribution >= 4 is 0 Å². The van der Waals surface area contributed by atoms with Gasteiger partial charge in [0, 0.05) is 11.8 Å². The average Bonchev–Trinajstić information content (AvgIpc) is 3.72. The first-order chi connectivity index (χ1) is 22.9. The van der Waals surface area contributed by atoms with E-state index in [4.69, 9.17) is 25.4 Å². The Balaban J connectivity index is 0.000000615. The number of hydrogen-bond donors (Lipinski definition) is 1. The lowest BCUT2D eigenvalue weighted by Gasteiger charge is -2.31. The van der Waals surface area contributed by atoms with Crippen LogP contribution in [0.15, 0.2) is 24.3 Å². The van der Waals surface area contributed by atoms with Gasteiger partial charge in [-0.2, -0.15) is 10.5 Å². The number of unbranched alkanes of at least 4 members (excludes halogenated alkanes) is 2. The number of ether oxygens (including phenoxy) is 4. The van der Waals surface area contributed by atoms with Gasteiger partial charge in [0.05, 0.1) is 19.8 Å². The number of methoxy groups -OCH3 is 2. The van der Waals surface area contributed by atoms with Gasteiger partial charge in [-0.05, 0) is 107 Å². The first-order valence-electron chi connectivity index (χ1n) is 16.4. The van der Waals surface area contributed by atoms with Crippen LogP contribution in [0.3, 0.4) is 0 Å². The molecule has 9 nitrogen and oxygen atoms in total. The summed E-state index contributed by atoms with van der Waals surface area (Å²) in [6, 6.07) is 10.9. The molecule has 48 heavy (non-hydrogen) atoms. The maximum atomic E-state index is 10.1. The highest BCUT2D eigenvalue weighted by atomic mass is 16.6. The molecule has 3 aromatic carbocycles. The summed E-state index contributed by atoms with van der Waals surface area (Å²) in [6.45, 7) is 15.2. The minimum absolute atomic E-state index is 0.0887. The van der Waals surface area contributed by atoms with Crippen LogP contribution in [0.1, 0.15) is 106 Å². The van der Waals surface area contributed by atoms with Crippen LogP contribution >= 0.6 is 0 Å². The Kier molecular flexibility index (Phi) is 8.15. The van der Waals surface area contributed by atoms with Crippen molar-refractivity contribution in [2.75, 3.05) is 14.2 Å². The molecule has 3 aliphatic rings. The molecule has 248 valence electrons. The van der Waals surface area contributed by atoms with E-state index in [1.807, 2.05) is 13.8 Å². The molecule has 0 bridgehead atoms. The largest absolute Gasteiger partial charge is 0.493 e. The standard InChI is InChI=1S/C33H33N5O4.C6H10/c1-16-17(2)27(30-35-37-38-36-30)29-28(18(16)13-34)41-25-10-20-22(12-26(25)42-29)33(15-32(20,5)6)14-31(3,4)19-9-23(39-7)24(40-8)11-21(19)33;1-3-5-6-4-2/h9-12H,14-15H2,1-8H3,(H,35,36,37,38);1H,4-6H2,2H3. The van der Waals surface area contributed by atoms with Gasteiger partial charge in [0.1, 0.15) is 11.6 Å². The number of benzene rings is 3. The molecule has 9 heteroatoms. The van der Waals surface area contributed by atoms with E-state index in [1.54, 1.807) is 14.2 Å². The van der Waals surface area contributed by atoms with E-state index in [2.05, 4.69) is 91.5 Å². The van der Waals surface area contributed by atoms with Gasteiger partial charge in [0.25, 0.3) is 0 Å². The number of fused-ring (bicyclic) bond motifs is 6. The summed E-state index contributed by atoms with van der Waals surface area (Å²) in [5.74, 6) is 6.41. The number of aromatic nitrogens is 4. The molecule has 4 aromatic rings. The molecule has 0 amide bonds. The van der Waals surface area contributed by atoms with Gasteiger partial charge in [-0.25, -0.2) is 0 Å². The monoisotopic (exact) mass is 645 g/mol. The van der Waals surface area contributed by atoms with Gasteiger partial charge in [-0.15, -0.1) is 22.5 Å². The molecule has 0 fully saturated rings. The molecule has 0 radical (unpaired) electrons. The van der Waals surface area contributed by atoms with E-state index in [0.717, 1.165) is 41.9 Å². The first kappa shape index (κ1) is 32.9. The molecule has 1 spiro atoms. The molecule has 1 unspecified atom stereocenters. The lowest BCUT2D eigenvalue weighted by atomic mass is 9.72. The molecule has 2 aliphatic carbocycles. The molecular formula is C39H43N5O4. The van der Waals surface area contributed by atoms with E-state index in [9.17, 15) is 5.26 Å². The van der Waals surface area contributed by atoms with E-state index in [1.165, 1.54) is 35.1 Å². The summed E-state index contributed by atoms with van der Waals surface area (Å²) in [7, 11) is 3.37. The van der Waals surface area contributed by atoms with Crippen LogP contribution in [0.25, 0.3) is 11.4 Å². The van der Waals surface area contributed by atoms with Crippen molar-refractivity contribution in [2.45, 2.75) is 96.8 Å². The number of tetrazole rings is 1. The third-order valence-corrected chi connectivity index (χ3v) is 10.3. The van der Waals surface area contributed by atoms with Crippen molar-refractivity contribution in [3.8, 4) is 64.3 Å². The van der Waals surface area contributed by atoms with Gasteiger partial charge >= 0.3 is 0 Å². The molecule has 7 rings (SSSR count). The van der Waals surface area contributed by atoms with Gasteiger partial charge in [-0.1, -0.05) is 41.0 Å². The lowest BCUT2D eigenvalue weighted by molar-refractivity contribution is 0.347. The fourth-order valence-corrected chi connectivity index (χ4v) is 8.11. The summed E-state index contributed by atoms with van der Waals surface area (Å²) in [5, 5.41) is 24.9. The zero-order chi connectivity index (χ0) is 34.6. The lowest BCUT2D eigenvalue weighted by Crippen LogP contribution is -2.27. The Morgan fingerprint density at radius 3 is 1.96 bits per heavy atom. The molecule has 0 saturated carbocycles. The second-order valence-corrected chi connectivity index (χ2v) is 14.3. The zero-order valence-corrected chi connectivity index (χ0v) is 29.3. The van der Waals surface area contributed by atoms with Crippen molar-refractivity contribution in [2.24, 2.45) is 0 Å². The van der Waals surface area contributed by atoms with Crippen LogP contribution in [-0.2, 0) is 16.2 Å². The molecule has 2 heterocycles. The summed E-state index contributed by atoms with van der Waals surface area (Å²) >= 11 is 0. The molecular weight excluding hydrogens is 602 g/mol. The van der Waals surface area contributed by atoms with Crippen LogP contribution in [0.4, 0.5) is 0 Å². The Hall–Kier alpha value is -5.02. The van der Waals surface area contributed by atoms with Crippen molar-refractivity contribution in [3.63, 3.8) is 0 Å². The van der Waals surface area contributed by atoms with Crippen LogP contribution in [0.2, 0.25) is 0 Å². The highest BCUT2D eigenvalue weighted by Gasteiger charge is 2.57. The summed E-state index contributed by atoms with van der Waals surface area (Å²) in [5.41, 5.74) is 7.20. The summed E-state index contributed by atoms with van der Waals surface area (Å²) in [6.07, 6.45) is 10.2. The van der Waals surface area contributed by atoms with E-state index in [0.29, 0.717) is 39.9 Å². The number of terminal acetylenes is 1. The predicted molar refractivity (Wildman–Crippen MR) is 184 cm³/mol. The topological polar surface area (TPSA) is 115 Å². The molecule has 1 atom stereocenters. The number of nitrogens with one attached hydrogen (secondary N) is 1. The minimum atomic E-state index is -0.257. The maximum absolute atomic E-state index is 10.1. The molecule has 0 saturated heterocycles. The number of nitrogens with zero attached hydrogens (tertiary/aromatic N) is 4. The maximum Gasteiger partial charge on any atom is 0.208 e. The normalized spacial score (nSPS) is 18.5. The molecule has 1 N–H and O–H groups in total. The Labute approximate surface area is 283 Å². The van der Waals surface area contributed by atoms with Gasteiger partial charge < -0.3 is 18.9 Å². The number of nitriles is 1. The Bertz CT molecular complexity index is 2000. The van der Waals surface area contributed by atoms with Crippen molar-refractivity contribution in [1.29, 1.82) is 5.26 Å². The van der Waals surface area contributed by atoms with Gasteiger partial charge in [-0.3, -0.25) is 0 Å². The fraction of sp³-hybridized carbons (Fsp3) is 0.436. The van der Waals surface area contributed by atoms with Crippen molar-refractivity contribution < 1.29 is 18.9 Å². The van der Waals surface area contributed by atoms with Crippen LogP contribution in [0, 0.1) is 37.5 Å². The Morgan fingerprint density at radius 1 is 0.875 bits per heavy atom. The molecule has 1 aliphatic heterocycles. The third-order valence-electron chi connectivity index (χ3n) is 10.3. The van der Waals surface area contributed by atoms with E-state index < -0.39 is 0 Å². The summed E-state index contributed by atoms with van der Waals surface area (Å²) < 4.78 is 24.7. The second kappa shape index (κ2) is 11.9. The first-order valence-corrected chi connectivity index (χ1v) is 16.4. The minimum Gasteiger partial charge on any atom is -0.493 e. The Morgan fingerprint density at radius 2 is 1.44 bits per heavy atom. The highest BCUT2D eigenvalue weighted by molar-refractivity contribution is 5.80. The van der Waals surface area contributed by atoms with Crippen molar-refractivity contribution in [1.82, 2.24) is 20.6 Å². The number of hydrogen-bond acceptors (Lipinski definition) is 8. The van der Waals surface area contributed by atoms with Gasteiger partial charge in [0.15, 0.2) is 34.5 Å². The van der Waals surface area contributed by atoms with Crippen molar-refractivity contribution in [3.05, 3.63) is 63.2 Å². The quantitative estimate of drug-likeness (QED) is 0.149.